The second-order valence-corrected chi connectivity index (χ2v) is 2.59. The fraction of sp³-hybridized carbons (Fsp3) is 0.571. The molecule has 0 aliphatic heterocycles. The van der Waals surface area contributed by atoms with E-state index in [0.717, 1.165) is 0 Å². The van der Waals surface area contributed by atoms with Crippen LogP contribution in [0.25, 0.3) is 0 Å². The largest absolute Gasteiger partial charge is 0.255 e. The summed E-state index contributed by atoms with van der Waals surface area (Å²) in [6, 6.07) is 6.50. The number of alkyl halides is 1. The monoisotopic (exact) mass is 214 g/mol. The molecule has 0 fully saturated rings. The van der Waals surface area contributed by atoms with E-state index in [2.05, 4.69) is 39.0 Å². The molecular weight excluding hydrogens is 187 g/mol. The van der Waals surface area contributed by atoms with Crippen molar-refractivity contribution in [2.45, 2.75) is 48.5 Å². The van der Waals surface area contributed by atoms with Gasteiger partial charge in [0.25, 0.3) is 0 Å². The van der Waals surface area contributed by atoms with E-state index in [1.54, 1.807) is 0 Å². The Kier molecular flexibility index (Phi) is 20.5. The van der Waals surface area contributed by atoms with Crippen molar-refractivity contribution in [3.63, 3.8) is 0 Å². The Balaban J connectivity index is -0.000000208. The Morgan fingerprint density at radius 2 is 1.13 bits per heavy atom. The number of hydrogen-bond acceptors (Lipinski definition) is 0. The van der Waals surface area contributed by atoms with Crippen LogP contribution in [0.3, 0.4) is 0 Å². The summed E-state index contributed by atoms with van der Waals surface area (Å²) in [5, 5.41) is 0. The van der Waals surface area contributed by atoms with Gasteiger partial charge in [-0.05, 0) is 31.9 Å². The average Bonchev–Trinajstić information content (AvgIpc) is 2.32. The highest BCUT2D eigenvalue weighted by Gasteiger charge is 1.89. The van der Waals surface area contributed by atoms with Gasteiger partial charge in [0.05, 0.1) is 7.18 Å². The lowest BCUT2D eigenvalue weighted by Gasteiger charge is -1.98. The summed E-state index contributed by atoms with van der Waals surface area (Å²) in [6.45, 7) is 14.4. The molecule has 1 rings (SSSR count). The van der Waals surface area contributed by atoms with Crippen molar-refractivity contribution in [3.8, 4) is 0 Å². The van der Waals surface area contributed by atoms with Gasteiger partial charge in [0, 0.05) is 0 Å². The number of halogens is 1. The van der Waals surface area contributed by atoms with E-state index in [-0.39, 0.29) is 0 Å². The quantitative estimate of drug-likeness (QED) is 0.553. The van der Waals surface area contributed by atoms with E-state index in [9.17, 15) is 4.39 Å². The number of hydrogen-bond donors (Lipinski definition) is 0. The van der Waals surface area contributed by atoms with Crippen molar-refractivity contribution in [2.75, 3.05) is 7.18 Å². The van der Waals surface area contributed by atoms with Gasteiger partial charge in [0.1, 0.15) is 0 Å². The van der Waals surface area contributed by atoms with Crippen LogP contribution in [0.4, 0.5) is 4.39 Å². The molecule has 0 bridgehead atoms. The lowest BCUT2D eigenvalue weighted by Crippen LogP contribution is -1.79. The fourth-order valence-corrected chi connectivity index (χ4v) is 0.891. The third-order valence-corrected chi connectivity index (χ3v) is 1.66. The van der Waals surface area contributed by atoms with E-state index in [1.807, 2.05) is 27.7 Å². The van der Waals surface area contributed by atoms with Crippen LogP contribution in [0.15, 0.2) is 18.2 Å². The molecule has 0 aliphatic rings. The van der Waals surface area contributed by atoms with Crippen molar-refractivity contribution in [1.82, 2.24) is 0 Å². The molecule has 0 saturated heterocycles. The predicted molar refractivity (Wildman–Crippen MR) is 70.4 cm³/mol. The summed E-state index contributed by atoms with van der Waals surface area (Å²) in [4.78, 5) is 0. The van der Waals surface area contributed by atoms with E-state index in [0.29, 0.717) is 7.18 Å². The molecule has 0 saturated carbocycles. The third kappa shape index (κ3) is 11.1. The molecular formula is C14H27F. The van der Waals surface area contributed by atoms with Gasteiger partial charge in [-0.3, -0.25) is 4.39 Å². The van der Waals surface area contributed by atoms with Gasteiger partial charge >= 0.3 is 0 Å². The van der Waals surface area contributed by atoms with Crippen molar-refractivity contribution >= 4 is 0 Å². The Morgan fingerprint density at radius 1 is 0.733 bits per heavy atom. The van der Waals surface area contributed by atoms with E-state index in [1.165, 1.54) is 16.7 Å². The van der Waals surface area contributed by atoms with Gasteiger partial charge in [-0.1, -0.05) is 51.5 Å². The zero-order valence-electron chi connectivity index (χ0n) is 11.6. The normalized spacial score (nSPS) is 7.00. The first kappa shape index (κ1) is 19.7. The van der Waals surface area contributed by atoms with Gasteiger partial charge in [-0.15, -0.1) is 0 Å². The van der Waals surface area contributed by atoms with Gasteiger partial charge in [0.2, 0.25) is 0 Å². The average molecular weight is 214 g/mol. The fourth-order valence-electron chi connectivity index (χ4n) is 0.891. The minimum Gasteiger partial charge on any atom is -0.255 e. The molecule has 0 aromatic heterocycles. The molecule has 0 amide bonds. The number of rotatable bonds is 0. The molecule has 15 heavy (non-hydrogen) atoms. The first-order chi connectivity index (χ1) is 7.20. The van der Waals surface area contributed by atoms with E-state index < -0.39 is 0 Å². The van der Waals surface area contributed by atoms with Crippen LogP contribution in [0, 0.1) is 20.8 Å². The molecule has 1 aromatic rings. The number of aryl methyl sites for hydroxylation is 3. The third-order valence-electron chi connectivity index (χ3n) is 1.66. The van der Waals surface area contributed by atoms with Gasteiger partial charge in [-0.25, -0.2) is 0 Å². The van der Waals surface area contributed by atoms with Crippen molar-refractivity contribution < 1.29 is 4.39 Å². The molecule has 0 atom stereocenters. The molecule has 0 nitrogen and oxygen atoms in total. The lowest BCUT2D eigenvalue weighted by atomic mass is 10.1. The zero-order valence-corrected chi connectivity index (χ0v) is 11.6. The van der Waals surface area contributed by atoms with E-state index in [4.69, 9.17) is 0 Å². The molecule has 1 heteroatoms. The Labute approximate surface area is 95.5 Å². The minimum absolute atomic E-state index is 0.500. The molecule has 90 valence electrons. The standard InChI is InChI=1S/C9H12.2C2H6.CH3F/c1-7-4-5-8(2)9(3)6-7;3*1-2/h4-6H,1-3H3;2*1-2H3;1H3. The van der Waals surface area contributed by atoms with Gasteiger partial charge in [0.15, 0.2) is 0 Å². The summed E-state index contributed by atoms with van der Waals surface area (Å²) < 4.78 is 9.50. The van der Waals surface area contributed by atoms with Crippen LogP contribution in [0.5, 0.6) is 0 Å². The van der Waals surface area contributed by atoms with Crippen LogP contribution < -0.4 is 0 Å². The molecule has 0 radical (unpaired) electrons. The molecule has 0 N–H and O–H groups in total. The smallest absolute Gasteiger partial charge is 0.0785 e. The van der Waals surface area contributed by atoms with Crippen molar-refractivity contribution in [1.29, 1.82) is 0 Å². The van der Waals surface area contributed by atoms with Crippen LogP contribution in [-0.2, 0) is 0 Å². The lowest BCUT2D eigenvalue weighted by molar-refractivity contribution is 0.636. The van der Waals surface area contributed by atoms with Gasteiger partial charge in [-0.2, -0.15) is 0 Å². The maximum absolute atomic E-state index is 9.50. The highest BCUT2D eigenvalue weighted by Crippen LogP contribution is 2.07. The highest BCUT2D eigenvalue weighted by molar-refractivity contribution is 5.28. The Bertz CT molecular complexity index is 217. The first-order valence-electron chi connectivity index (χ1n) is 5.62. The summed E-state index contributed by atoms with van der Waals surface area (Å²) in [6.07, 6.45) is 0. The SMILES string of the molecule is CC.CC.CF.Cc1ccc(C)c(C)c1. The molecule has 0 spiro atoms. The summed E-state index contributed by atoms with van der Waals surface area (Å²) in [5.41, 5.74) is 4.11. The minimum atomic E-state index is 0.500. The topological polar surface area (TPSA) is 0 Å². The maximum Gasteiger partial charge on any atom is 0.0785 e. The summed E-state index contributed by atoms with van der Waals surface area (Å²) in [5.74, 6) is 0. The van der Waals surface area contributed by atoms with Crippen LogP contribution >= 0.6 is 0 Å². The predicted octanol–water partition coefficient (Wildman–Crippen LogP) is 5.25. The van der Waals surface area contributed by atoms with Crippen molar-refractivity contribution in [3.05, 3.63) is 34.9 Å². The van der Waals surface area contributed by atoms with Crippen LogP contribution in [-0.4, -0.2) is 7.18 Å². The summed E-state index contributed by atoms with van der Waals surface area (Å²) >= 11 is 0. The first-order valence-corrected chi connectivity index (χ1v) is 5.62. The Hall–Kier alpha value is -0.850. The summed E-state index contributed by atoms with van der Waals surface area (Å²) in [7, 11) is 0.500. The second kappa shape index (κ2) is 15.6. The highest BCUT2D eigenvalue weighted by atomic mass is 19.1. The van der Waals surface area contributed by atoms with Crippen LogP contribution in [0.1, 0.15) is 44.4 Å². The van der Waals surface area contributed by atoms with Gasteiger partial charge < -0.3 is 0 Å². The molecule has 0 heterocycles. The number of benzene rings is 1. The second-order valence-electron chi connectivity index (χ2n) is 2.59. The van der Waals surface area contributed by atoms with Crippen molar-refractivity contribution in [2.24, 2.45) is 0 Å². The molecule has 0 aliphatic carbocycles. The molecule has 1 aromatic carbocycles. The maximum atomic E-state index is 9.50. The van der Waals surface area contributed by atoms with Crippen LogP contribution in [0.2, 0.25) is 0 Å². The Morgan fingerprint density at radius 3 is 1.40 bits per heavy atom. The van der Waals surface area contributed by atoms with E-state index >= 15 is 0 Å². The molecule has 0 unspecified atom stereocenters. The zero-order chi connectivity index (χ0) is 12.9.